The molecule has 0 bridgehead atoms. The topological polar surface area (TPSA) is 160 Å². The Hall–Kier alpha value is -1.99. The van der Waals surface area contributed by atoms with E-state index < -0.39 is 0 Å². The van der Waals surface area contributed by atoms with E-state index in [2.05, 4.69) is 12.2 Å². The van der Waals surface area contributed by atoms with Crippen molar-refractivity contribution in [2.45, 2.75) is 19.8 Å². The van der Waals surface area contributed by atoms with Crippen LogP contribution in [0.3, 0.4) is 0 Å². The molecule has 2 N–H and O–H groups in total. The molecule has 0 atom stereocenters. The molecule has 0 aliphatic carbocycles. The Labute approximate surface area is 298 Å². The molecule has 0 unspecified atom stereocenters. The fraction of sp³-hybridized carbons (Fsp3) is 0.800. The summed E-state index contributed by atoms with van der Waals surface area (Å²) in [6.45, 7) is 13.5. The summed E-state index contributed by atoms with van der Waals surface area (Å²) in [6.07, 6.45) is 2.24. The lowest BCUT2D eigenvalue weighted by Gasteiger charge is -2.09. The number of aliphatic hydroxyl groups excluding tert-OH is 1. The van der Waals surface area contributed by atoms with Gasteiger partial charge in [0.15, 0.2) is 0 Å². The number of nitrogens with one attached hydrogen (secondary N) is 1. The van der Waals surface area contributed by atoms with Gasteiger partial charge in [0.2, 0.25) is 0 Å². The van der Waals surface area contributed by atoms with Crippen LogP contribution in [-0.2, 0) is 56.8 Å². The predicted molar refractivity (Wildman–Crippen MR) is 186 cm³/mol. The third-order valence-corrected chi connectivity index (χ3v) is 6.40. The van der Waals surface area contributed by atoms with E-state index in [0.29, 0.717) is 151 Å². The van der Waals surface area contributed by atoms with Gasteiger partial charge in [-0.3, -0.25) is 0 Å². The van der Waals surface area contributed by atoms with Gasteiger partial charge in [0, 0.05) is 12.2 Å². The van der Waals surface area contributed by atoms with Gasteiger partial charge in [-0.15, -0.1) is 0 Å². The fourth-order valence-corrected chi connectivity index (χ4v) is 3.78. The van der Waals surface area contributed by atoms with E-state index in [4.69, 9.17) is 61.9 Å². The van der Waals surface area contributed by atoms with Crippen LogP contribution in [0.25, 0.3) is 0 Å². The Kier molecular flexibility index (Phi) is 35.2. The van der Waals surface area contributed by atoms with E-state index >= 15 is 0 Å². The first kappa shape index (κ1) is 46.0. The smallest absolute Gasteiger partial charge is 0.338 e. The largest absolute Gasteiger partial charge is 0.460 e. The van der Waals surface area contributed by atoms with Crippen LogP contribution in [0.2, 0.25) is 0 Å². The molecular formula is C35H63NO14. The molecule has 0 aliphatic rings. The van der Waals surface area contributed by atoms with Crippen molar-refractivity contribution in [3.8, 4) is 0 Å². The number of hydrogen-bond acceptors (Lipinski definition) is 15. The molecular weight excluding hydrogens is 658 g/mol. The molecule has 1 rings (SSSR count). The number of esters is 1. The van der Waals surface area contributed by atoms with Gasteiger partial charge in [0.1, 0.15) is 6.61 Å². The Balaban J connectivity index is 1.69. The molecule has 1 aromatic rings. The van der Waals surface area contributed by atoms with Crippen LogP contribution in [0, 0.1) is 0 Å². The highest BCUT2D eigenvalue weighted by Crippen LogP contribution is 2.11. The first-order valence-corrected chi connectivity index (χ1v) is 17.7. The van der Waals surface area contributed by atoms with Crippen LogP contribution in [0.4, 0.5) is 5.69 Å². The third-order valence-electron chi connectivity index (χ3n) is 6.40. The molecule has 15 nitrogen and oxygen atoms in total. The summed E-state index contributed by atoms with van der Waals surface area (Å²) in [4.78, 5) is 12.1. The minimum atomic E-state index is -0.363. The number of carbonyl (C=O) groups is 1. The molecule has 1 aromatic carbocycles. The number of carbonyl (C=O) groups excluding carboxylic acids is 1. The molecule has 0 saturated carbocycles. The number of unbranched alkanes of at least 4 members (excludes halogenated alkanes) is 1. The van der Waals surface area contributed by atoms with E-state index in [1.54, 1.807) is 12.1 Å². The molecule has 15 heteroatoms. The zero-order valence-electron chi connectivity index (χ0n) is 30.2. The molecule has 0 aliphatic heterocycles. The van der Waals surface area contributed by atoms with E-state index in [1.165, 1.54) is 0 Å². The van der Waals surface area contributed by atoms with Crippen LogP contribution in [0.15, 0.2) is 24.3 Å². The van der Waals surface area contributed by atoms with Crippen LogP contribution >= 0.6 is 0 Å². The standard InChI is InChI=1S/C35H63NO14/c1-2-3-8-36-34-6-4-33(5-7-34)35(38)50-32-31-49-30-29-48-28-27-47-26-25-46-24-23-45-22-21-44-20-19-43-18-17-42-16-15-41-14-13-40-12-11-39-10-9-37/h4-7,36-37H,2-3,8-32H2,1H3. The van der Waals surface area contributed by atoms with Crippen molar-refractivity contribution in [1.82, 2.24) is 0 Å². The van der Waals surface area contributed by atoms with Gasteiger partial charge < -0.3 is 67.3 Å². The van der Waals surface area contributed by atoms with Crippen LogP contribution in [0.5, 0.6) is 0 Å². The van der Waals surface area contributed by atoms with Crippen molar-refractivity contribution in [2.75, 3.05) is 170 Å². The summed E-state index contributed by atoms with van der Waals surface area (Å²) in [7, 11) is 0. The number of hydrogen-bond donors (Lipinski definition) is 2. The average Bonchev–Trinajstić information content (AvgIpc) is 3.13. The average molecular weight is 722 g/mol. The molecule has 50 heavy (non-hydrogen) atoms. The highest BCUT2D eigenvalue weighted by Gasteiger charge is 2.07. The number of aliphatic hydroxyl groups is 1. The second-order valence-electron chi connectivity index (χ2n) is 10.5. The Morgan fingerprint density at radius 1 is 0.480 bits per heavy atom. The zero-order valence-corrected chi connectivity index (χ0v) is 30.2. The summed E-state index contributed by atoms with van der Waals surface area (Å²) < 4.78 is 64.8. The normalized spacial score (nSPS) is 11.3. The van der Waals surface area contributed by atoms with Crippen molar-refractivity contribution >= 4 is 11.7 Å². The lowest BCUT2D eigenvalue weighted by atomic mass is 10.2. The second-order valence-corrected chi connectivity index (χ2v) is 10.5. The van der Waals surface area contributed by atoms with E-state index in [1.807, 2.05) is 12.1 Å². The molecule has 0 fully saturated rings. The maximum atomic E-state index is 12.1. The summed E-state index contributed by atoms with van der Waals surface area (Å²) in [5, 5.41) is 11.9. The predicted octanol–water partition coefficient (Wildman–Crippen LogP) is 2.23. The maximum absolute atomic E-state index is 12.1. The van der Waals surface area contributed by atoms with Crippen LogP contribution < -0.4 is 5.32 Å². The fourth-order valence-electron chi connectivity index (χ4n) is 3.78. The highest BCUT2D eigenvalue weighted by atomic mass is 16.6. The lowest BCUT2D eigenvalue weighted by Crippen LogP contribution is -2.15. The van der Waals surface area contributed by atoms with Crippen molar-refractivity contribution in [3.63, 3.8) is 0 Å². The SMILES string of the molecule is CCCCNc1ccc(C(=O)OCCOCCOCCOCCOCCOCCOCCOCCOCCOCCOCCOCCO)cc1. The van der Waals surface area contributed by atoms with Crippen molar-refractivity contribution in [2.24, 2.45) is 0 Å². The number of benzene rings is 1. The number of ether oxygens (including phenoxy) is 12. The highest BCUT2D eigenvalue weighted by molar-refractivity contribution is 5.89. The quantitative estimate of drug-likeness (QED) is 0.0750. The van der Waals surface area contributed by atoms with E-state index in [0.717, 1.165) is 25.1 Å². The molecule has 0 heterocycles. The van der Waals surface area contributed by atoms with Gasteiger partial charge in [-0.2, -0.15) is 0 Å². The summed E-state index contributed by atoms with van der Waals surface area (Å²) in [5.41, 5.74) is 1.51. The van der Waals surface area contributed by atoms with E-state index in [9.17, 15) is 4.79 Å². The molecule has 0 aromatic heterocycles. The van der Waals surface area contributed by atoms with Crippen LogP contribution in [0.1, 0.15) is 30.1 Å². The minimum absolute atomic E-state index is 0.0210. The summed E-state index contributed by atoms with van der Waals surface area (Å²) in [6, 6.07) is 7.28. The summed E-state index contributed by atoms with van der Waals surface area (Å²) >= 11 is 0. The second kappa shape index (κ2) is 38.2. The van der Waals surface area contributed by atoms with Crippen molar-refractivity contribution in [1.29, 1.82) is 0 Å². The zero-order chi connectivity index (χ0) is 35.8. The monoisotopic (exact) mass is 721 g/mol. The molecule has 0 spiro atoms. The van der Waals surface area contributed by atoms with Gasteiger partial charge in [-0.25, -0.2) is 4.79 Å². The van der Waals surface area contributed by atoms with Gasteiger partial charge in [-0.1, -0.05) is 13.3 Å². The Morgan fingerprint density at radius 3 is 1.08 bits per heavy atom. The lowest BCUT2D eigenvalue weighted by molar-refractivity contribution is -0.0283. The first-order valence-electron chi connectivity index (χ1n) is 17.7. The third kappa shape index (κ3) is 32.0. The molecule has 0 amide bonds. The maximum Gasteiger partial charge on any atom is 0.338 e. The van der Waals surface area contributed by atoms with Gasteiger partial charge in [0.05, 0.1) is 158 Å². The molecule has 0 radical (unpaired) electrons. The minimum Gasteiger partial charge on any atom is -0.460 e. The number of rotatable bonds is 40. The number of anilines is 1. The Morgan fingerprint density at radius 2 is 0.780 bits per heavy atom. The summed E-state index contributed by atoms with van der Waals surface area (Å²) in [5.74, 6) is -0.363. The molecule has 292 valence electrons. The van der Waals surface area contributed by atoms with E-state index in [-0.39, 0.29) is 19.2 Å². The van der Waals surface area contributed by atoms with Gasteiger partial charge >= 0.3 is 5.97 Å². The molecule has 0 saturated heterocycles. The van der Waals surface area contributed by atoms with Gasteiger partial charge in [-0.05, 0) is 30.7 Å². The van der Waals surface area contributed by atoms with Crippen molar-refractivity contribution < 1.29 is 66.7 Å². The van der Waals surface area contributed by atoms with Crippen molar-refractivity contribution in [3.05, 3.63) is 29.8 Å². The van der Waals surface area contributed by atoms with Crippen LogP contribution in [-0.4, -0.2) is 176 Å². The van der Waals surface area contributed by atoms with Gasteiger partial charge in [0.25, 0.3) is 0 Å². The first-order chi connectivity index (χ1) is 24.8. The Bertz CT molecular complexity index is 836.